The Morgan fingerprint density at radius 2 is 1.90 bits per heavy atom. The maximum absolute atomic E-state index is 11.9. The van der Waals surface area contributed by atoms with E-state index in [0.717, 1.165) is 10.0 Å². The van der Waals surface area contributed by atoms with E-state index < -0.39 is 0 Å². The maximum Gasteiger partial charge on any atom is 0.340 e. The largest absolute Gasteiger partial charge is 0.465 e. The molecule has 0 aromatic heterocycles. The molecule has 0 saturated carbocycles. The lowest BCUT2D eigenvalue weighted by Gasteiger charge is -2.23. The first-order valence-corrected chi connectivity index (χ1v) is 7.24. The van der Waals surface area contributed by atoms with Crippen molar-refractivity contribution in [3.63, 3.8) is 0 Å². The van der Waals surface area contributed by atoms with E-state index in [0.29, 0.717) is 23.5 Å². The van der Waals surface area contributed by atoms with Crippen LogP contribution in [0.2, 0.25) is 0 Å². The van der Waals surface area contributed by atoms with Crippen molar-refractivity contribution in [1.82, 2.24) is 0 Å². The first kappa shape index (κ1) is 15.4. The zero-order valence-electron chi connectivity index (χ0n) is 12.0. The standard InChI is InChI=1S/C16H17BrN2O2/c1-19(10-11-6-8-12(17)9-7-11)15-13(16(20)21-2)4-3-5-14(15)18/h3-9H,10,18H2,1-2H3. The van der Waals surface area contributed by atoms with E-state index in [9.17, 15) is 4.79 Å². The van der Waals surface area contributed by atoms with Gasteiger partial charge in [-0.1, -0.05) is 34.1 Å². The lowest BCUT2D eigenvalue weighted by Crippen LogP contribution is -2.21. The van der Waals surface area contributed by atoms with Crippen molar-refractivity contribution in [2.24, 2.45) is 0 Å². The zero-order chi connectivity index (χ0) is 15.4. The molecule has 2 rings (SSSR count). The Hall–Kier alpha value is -2.01. The number of carbonyl (C=O) groups is 1. The number of ether oxygens (including phenoxy) is 1. The monoisotopic (exact) mass is 348 g/mol. The van der Waals surface area contributed by atoms with Gasteiger partial charge in [-0.05, 0) is 29.8 Å². The smallest absolute Gasteiger partial charge is 0.340 e. The highest BCUT2D eigenvalue weighted by Crippen LogP contribution is 2.29. The number of carbonyl (C=O) groups excluding carboxylic acids is 1. The Bertz CT molecular complexity index is 641. The predicted molar refractivity (Wildman–Crippen MR) is 88.4 cm³/mol. The molecule has 0 amide bonds. The number of esters is 1. The molecule has 0 saturated heterocycles. The molecular weight excluding hydrogens is 332 g/mol. The lowest BCUT2D eigenvalue weighted by atomic mass is 10.1. The van der Waals surface area contributed by atoms with E-state index in [1.807, 2.05) is 36.2 Å². The average Bonchev–Trinajstić information content (AvgIpc) is 2.48. The summed E-state index contributed by atoms with van der Waals surface area (Å²) in [5.41, 5.74) is 8.87. The first-order valence-electron chi connectivity index (χ1n) is 6.45. The molecule has 21 heavy (non-hydrogen) atoms. The van der Waals surface area contributed by atoms with Crippen molar-refractivity contribution >= 4 is 33.3 Å². The minimum Gasteiger partial charge on any atom is -0.465 e. The molecule has 0 radical (unpaired) electrons. The molecule has 0 heterocycles. The quantitative estimate of drug-likeness (QED) is 0.679. The van der Waals surface area contributed by atoms with Crippen molar-refractivity contribution < 1.29 is 9.53 Å². The number of benzene rings is 2. The van der Waals surface area contributed by atoms with Gasteiger partial charge in [-0.2, -0.15) is 0 Å². The second kappa shape index (κ2) is 6.63. The van der Waals surface area contributed by atoms with Gasteiger partial charge in [0.15, 0.2) is 0 Å². The lowest BCUT2D eigenvalue weighted by molar-refractivity contribution is 0.0601. The number of nitrogens with two attached hydrogens (primary N) is 1. The summed E-state index contributed by atoms with van der Waals surface area (Å²) in [6.45, 7) is 0.644. The van der Waals surface area contributed by atoms with E-state index in [2.05, 4.69) is 15.9 Å². The minimum absolute atomic E-state index is 0.389. The first-order chi connectivity index (χ1) is 10.0. The molecule has 110 valence electrons. The van der Waals surface area contributed by atoms with Crippen LogP contribution < -0.4 is 10.6 Å². The Morgan fingerprint density at radius 3 is 2.52 bits per heavy atom. The number of hydrogen-bond acceptors (Lipinski definition) is 4. The molecule has 5 heteroatoms. The fourth-order valence-electron chi connectivity index (χ4n) is 2.20. The molecular formula is C16H17BrN2O2. The summed E-state index contributed by atoms with van der Waals surface area (Å²) in [6.07, 6.45) is 0. The molecule has 0 bridgehead atoms. The summed E-state index contributed by atoms with van der Waals surface area (Å²) in [4.78, 5) is 13.8. The van der Waals surface area contributed by atoms with Gasteiger partial charge in [-0.15, -0.1) is 0 Å². The van der Waals surface area contributed by atoms with Crippen molar-refractivity contribution in [3.8, 4) is 0 Å². The Balaban J connectivity index is 2.32. The van der Waals surface area contributed by atoms with Crippen LogP contribution in [-0.2, 0) is 11.3 Å². The Morgan fingerprint density at radius 1 is 1.24 bits per heavy atom. The molecule has 2 N–H and O–H groups in total. The third-order valence-corrected chi connectivity index (χ3v) is 3.72. The van der Waals surface area contributed by atoms with Crippen molar-refractivity contribution in [1.29, 1.82) is 0 Å². The molecule has 0 aliphatic heterocycles. The van der Waals surface area contributed by atoms with Crippen molar-refractivity contribution in [3.05, 3.63) is 58.1 Å². The molecule has 0 aliphatic carbocycles. The van der Waals surface area contributed by atoms with Crippen LogP contribution >= 0.6 is 15.9 Å². The second-order valence-electron chi connectivity index (χ2n) is 4.72. The normalized spacial score (nSPS) is 10.2. The van der Waals surface area contributed by atoms with Crippen LogP contribution in [0.4, 0.5) is 11.4 Å². The van der Waals surface area contributed by atoms with E-state index in [1.54, 1.807) is 18.2 Å². The van der Waals surface area contributed by atoms with Crippen LogP contribution in [0.1, 0.15) is 15.9 Å². The Kier molecular flexibility index (Phi) is 4.85. The number of rotatable bonds is 4. The summed E-state index contributed by atoms with van der Waals surface area (Å²) < 4.78 is 5.85. The molecule has 2 aromatic rings. The number of methoxy groups -OCH3 is 1. The highest BCUT2D eigenvalue weighted by Gasteiger charge is 2.17. The topological polar surface area (TPSA) is 55.6 Å². The minimum atomic E-state index is -0.389. The molecule has 4 nitrogen and oxygen atoms in total. The van der Waals surface area contributed by atoms with Gasteiger partial charge in [-0.3, -0.25) is 0 Å². The molecule has 0 spiro atoms. The van der Waals surface area contributed by atoms with E-state index >= 15 is 0 Å². The van der Waals surface area contributed by atoms with Crippen molar-refractivity contribution in [2.45, 2.75) is 6.54 Å². The SMILES string of the molecule is COC(=O)c1cccc(N)c1N(C)Cc1ccc(Br)cc1. The Labute approximate surface area is 132 Å². The number of hydrogen-bond donors (Lipinski definition) is 1. The van der Waals surface area contributed by atoms with Crippen LogP contribution in [0.3, 0.4) is 0 Å². The number of para-hydroxylation sites is 1. The average molecular weight is 349 g/mol. The van der Waals surface area contributed by atoms with Crippen LogP contribution in [0, 0.1) is 0 Å². The van der Waals surface area contributed by atoms with Crippen LogP contribution in [0.15, 0.2) is 46.9 Å². The molecule has 0 fully saturated rings. The van der Waals surface area contributed by atoms with E-state index in [1.165, 1.54) is 7.11 Å². The third-order valence-electron chi connectivity index (χ3n) is 3.19. The fraction of sp³-hybridized carbons (Fsp3) is 0.188. The van der Waals surface area contributed by atoms with E-state index in [4.69, 9.17) is 10.5 Å². The van der Waals surface area contributed by atoms with Gasteiger partial charge < -0.3 is 15.4 Å². The molecule has 0 aliphatic rings. The van der Waals surface area contributed by atoms with Crippen LogP contribution in [-0.4, -0.2) is 20.1 Å². The summed E-state index contributed by atoms with van der Waals surface area (Å²) in [5.74, 6) is -0.389. The number of nitrogen functional groups attached to an aromatic ring is 1. The third kappa shape index (κ3) is 3.55. The predicted octanol–water partition coefficient (Wildman–Crippen LogP) is 3.45. The van der Waals surface area contributed by atoms with Gasteiger partial charge in [0.05, 0.1) is 24.0 Å². The second-order valence-corrected chi connectivity index (χ2v) is 5.63. The summed E-state index contributed by atoms with van der Waals surface area (Å²) in [6, 6.07) is 13.3. The van der Waals surface area contributed by atoms with Gasteiger partial charge >= 0.3 is 5.97 Å². The maximum atomic E-state index is 11.9. The molecule has 2 aromatic carbocycles. The fourth-order valence-corrected chi connectivity index (χ4v) is 2.47. The van der Waals surface area contributed by atoms with Gasteiger partial charge in [0.2, 0.25) is 0 Å². The zero-order valence-corrected chi connectivity index (χ0v) is 13.6. The number of halogens is 1. The van der Waals surface area contributed by atoms with E-state index in [-0.39, 0.29) is 5.97 Å². The van der Waals surface area contributed by atoms with Crippen LogP contribution in [0.5, 0.6) is 0 Å². The van der Waals surface area contributed by atoms with Gasteiger partial charge in [0.25, 0.3) is 0 Å². The van der Waals surface area contributed by atoms with Gasteiger partial charge in [0.1, 0.15) is 0 Å². The number of nitrogens with zero attached hydrogens (tertiary/aromatic N) is 1. The highest BCUT2D eigenvalue weighted by atomic mass is 79.9. The molecule has 0 unspecified atom stereocenters. The summed E-state index contributed by atoms with van der Waals surface area (Å²) in [5, 5.41) is 0. The van der Waals surface area contributed by atoms with Gasteiger partial charge in [-0.25, -0.2) is 4.79 Å². The van der Waals surface area contributed by atoms with Crippen molar-refractivity contribution in [2.75, 3.05) is 24.8 Å². The highest BCUT2D eigenvalue weighted by molar-refractivity contribution is 9.10. The molecule has 0 atom stereocenters. The van der Waals surface area contributed by atoms with Gasteiger partial charge in [0, 0.05) is 18.1 Å². The summed E-state index contributed by atoms with van der Waals surface area (Å²) >= 11 is 3.41. The van der Waals surface area contributed by atoms with Crippen LogP contribution in [0.25, 0.3) is 0 Å². The number of anilines is 2. The summed E-state index contributed by atoms with van der Waals surface area (Å²) in [7, 11) is 3.27.